The largest absolute Gasteiger partial charge is 0.460 e. The van der Waals surface area contributed by atoms with E-state index in [1.807, 2.05) is 0 Å². The maximum atomic E-state index is 12.8. The van der Waals surface area contributed by atoms with Crippen LogP contribution in [0.2, 0.25) is 0 Å². The van der Waals surface area contributed by atoms with Crippen LogP contribution in [0.4, 0.5) is 39.5 Å². The van der Waals surface area contributed by atoms with Crippen molar-refractivity contribution in [1.82, 2.24) is 0 Å². The molecule has 0 spiro atoms. The molecular weight excluding hydrogens is 279 g/mol. The normalized spacial score (nSPS) is 15.4. The molecule has 0 saturated carbocycles. The molecular formula is C9H9F9. The third kappa shape index (κ3) is 2.92. The quantitative estimate of drug-likeness (QED) is 0.503. The Hall–Kier alpha value is -0.890. The molecule has 0 aromatic heterocycles. The molecule has 0 aromatic carbocycles. The van der Waals surface area contributed by atoms with Gasteiger partial charge in [0.15, 0.2) is 0 Å². The summed E-state index contributed by atoms with van der Waals surface area (Å²) in [5.41, 5.74) is 0. The van der Waals surface area contributed by atoms with Crippen LogP contribution in [0.25, 0.3) is 0 Å². The second-order valence-corrected chi connectivity index (χ2v) is 3.43. The average molecular weight is 288 g/mol. The van der Waals surface area contributed by atoms with E-state index in [1.165, 1.54) is 6.92 Å². The van der Waals surface area contributed by atoms with Crippen molar-refractivity contribution in [1.29, 1.82) is 0 Å². The maximum Gasteiger partial charge on any atom is 0.460 e. The zero-order valence-corrected chi connectivity index (χ0v) is 8.97. The van der Waals surface area contributed by atoms with Crippen molar-refractivity contribution in [2.45, 2.75) is 43.7 Å². The highest BCUT2D eigenvalue weighted by molar-refractivity contribution is 5.03. The van der Waals surface area contributed by atoms with Gasteiger partial charge in [0.2, 0.25) is 0 Å². The fourth-order valence-corrected chi connectivity index (χ4v) is 0.934. The minimum Gasteiger partial charge on any atom is -0.199 e. The standard InChI is InChI=1S/C9H9F9/c1-2-3-4-5-6(10,11)7(12,13)8(14,15)9(16,17)18/h3-4H,2,5H2,1H3. The first-order chi connectivity index (χ1) is 7.81. The minimum absolute atomic E-state index is 0.150. The van der Waals surface area contributed by atoms with Gasteiger partial charge in [-0.1, -0.05) is 19.1 Å². The maximum absolute atomic E-state index is 12.8. The highest BCUT2D eigenvalue weighted by atomic mass is 19.4. The fourth-order valence-electron chi connectivity index (χ4n) is 0.934. The third-order valence-electron chi connectivity index (χ3n) is 1.99. The predicted molar refractivity (Wildman–Crippen MR) is 44.9 cm³/mol. The molecule has 0 atom stereocenters. The van der Waals surface area contributed by atoms with Gasteiger partial charge in [-0.2, -0.15) is 39.5 Å². The number of hydrogen-bond acceptors (Lipinski definition) is 0. The minimum atomic E-state index is -6.80. The Bertz CT molecular complexity index is 300. The third-order valence-corrected chi connectivity index (χ3v) is 1.99. The Labute approximate surface area is 96.5 Å². The number of rotatable bonds is 5. The lowest BCUT2D eigenvalue weighted by Gasteiger charge is -2.33. The van der Waals surface area contributed by atoms with Crippen molar-refractivity contribution in [3.63, 3.8) is 0 Å². The Kier molecular flexibility index (Phi) is 4.76. The smallest absolute Gasteiger partial charge is 0.199 e. The van der Waals surface area contributed by atoms with E-state index >= 15 is 0 Å². The average Bonchev–Trinajstić information content (AvgIpc) is 2.15. The van der Waals surface area contributed by atoms with E-state index in [4.69, 9.17) is 0 Å². The zero-order chi connectivity index (χ0) is 14.8. The first kappa shape index (κ1) is 17.1. The zero-order valence-electron chi connectivity index (χ0n) is 8.97. The van der Waals surface area contributed by atoms with E-state index in [9.17, 15) is 39.5 Å². The van der Waals surface area contributed by atoms with Gasteiger partial charge in [-0.3, -0.25) is 0 Å². The SMILES string of the molecule is CCC=CCC(F)(F)C(F)(F)C(F)(F)C(F)(F)F. The van der Waals surface area contributed by atoms with Crippen molar-refractivity contribution >= 4 is 0 Å². The van der Waals surface area contributed by atoms with Crippen LogP contribution in [-0.2, 0) is 0 Å². The molecule has 0 aliphatic heterocycles. The predicted octanol–water partition coefficient (Wildman–Crippen LogP) is 4.81. The van der Waals surface area contributed by atoms with Crippen LogP contribution in [0.1, 0.15) is 19.8 Å². The van der Waals surface area contributed by atoms with Crippen molar-refractivity contribution in [3.8, 4) is 0 Å². The van der Waals surface area contributed by atoms with Gasteiger partial charge in [0.1, 0.15) is 0 Å². The fraction of sp³-hybridized carbons (Fsp3) is 0.778. The first-order valence-electron chi connectivity index (χ1n) is 4.66. The molecule has 0 fully saturated rings. The second-order valence-electron chi connectivity index (χ2n) is 3.43. The molecule has 108 valence electrons. The molecule has 0 N–H and O–H groups in total. The van der Waals surface area contributed by atoms with E-state index in [0.717, 1.165) is 6.08 Å². The molecule has 0 aliphatic carbocycles. The number of alkyl halides is 9. The Morgan fingerprint density at radius 3 is 1.50 bits per heavy atom. The van der Waals surface area contributed by atoms with Crippen LogP contribution in [-0.4, -0.2) is 23.9 Å². The summed E-state index contributed by atoms with van der Waals surface area (Å²) in [5, 5.41) is 0. The molecule has 0 amide bonds. The first-order valence-corrected chi connectivity index (χ1v) is 4.66. The van der Waals surface area contributed by atoms with Gasteiger partial charge in [-0.05, 0) is 6.42 Å². The van der Waals surface area contributed by atoms with Gasteiger partial charge < -0.3 is 0 Å². The van der Waals surface area contributed by atoms with Gasteiger partial charge in [0.25, 0.3) is 0 Å². The summed E-state index contributed by atoms with van der Waals surface area (Å²) in [7, 11) is 0. The van der Waals surface area contributed by atoms with Gasteiger partial charge in [-0.25, -0.2) is 0 Å². The van der Waals surface area contributed by atoms with Gasteiger partial charge in [0.05, 0.1) is 0 Å². The van der Waals surface area contributed by atoms with E-state index < -0.39 is 30.4 Å². The number of halogens is 9. The van der Waals surface area contributed by atoms with Crippen LogP contribution < -0.4 is 0 Å². The summed E-state index contributed by atoms with van der Waals surface area (Å²) in [4.78, 5) is 0. The lowest BCUT2D eigenvalue weighted by molar-refractivity contribution is -0.395. The van der Waals surface area contributed by atoms with Gasteiger partial charge in [-0.15, -0.1) is 0 Å². The summed E-state index contributed by atoms with van der Waals surface area (Å²) >= 11 is 0. The van der Waals surface area contributed by atoms with Crippen LogP contribution in [0, 0.1) is 0 Å². The molecule has 0 saturated heterocycles. The molecule has 0 heterocycles. The Balaban J connectivity index is 5.29. The highest BCUT2D eigenvalue weighted by Gasteiger charge is 2.81. The monoisotopic (exact) mass is 288 g/mol. The van der Waals surface area contributed by atoms with E-state index in [-0.39, 0.29) is 6.42 Å². The highest BCUT2D eigenvalue weighted by Crippen LogP contribution is 2.54. The van der Waals surface area contributed by atoms with Gasteiger partial charge >= 0.3 is 23.9 Å². The van der Waals surface area contributed by atoms with Crippen LogP contribution in [0.3, 0.4) is 0 Å². The van der Waals surface area contributed by atoms with E-state index in [2.05, 4.69) is 0 Å². The van der Waals surface area contributed by atoms with Crippen molar-refractivity contribution in [3.05, 3.63) is 12.2 Å². The summed E-state index contributed by atoms with van der Waals surface area (Å²) in [6.07, 6.45) is -7.12. The molecule has 9 heteroatoms. The van der Waals surface area contributed by atoms with Gasteiger partial charge in [0, 0.05) is 6.42 Å². The molecule has 0 aliphatic rings. The summed E-state index contributed by atoms with van der Waals surface area (Å²) in [6.45, 7) is 1.44. The molecule has 0 unspecified atom stereocenters. The van der Waals surface area contributed by atoms with E-state index in [1.54, 1.807) is 0 Å². The second kappa shape index (κ2) is 5.00. The molecule has 0 aromatic rings. The van der Waals surface area contributed by atoms with Crippen molar-refractivity contribution in [2.24, 2.45) is 0 Å². The van der Waals surface area contributed by atoms with Crippen LogP contribution >= 0.6 is 0 Å². The summed E-state index contributed by atoms with van der Waals surface area (Å²) < 4.78 is 111. The molecule has 0 rings (SSSR count). The van der Waals surface area contributed by atoms with Crippen molar-refractivity contribution < 1.29 is 39.5 Å². The van der Waals surface area contributed by atoms with E-state index in [0.29, 0.717) is 6.08 Å². The lowest BCUT2D eigenvalue weighted by Crippen LogP contribution is -2.60. The summed E-state index contributed by atoms with van der Waals surface area (Å²) in [6, 6.07) is 0. The topological polar surface area (TPSA) is 0 Å². The van der Waals surface area contributed by atoms with Crippen LogP contribution in [0.5, 0.6) is 0 Å². The molecule has 18 heavy (non-hydrogen) atoms. The Morgan fingerprint density at radius 1 is 0.722 bits per heavy atom. The van der Waals surface area contributed by atoms with Crippen LogP contribution in [0.15, 0.2) is 12.2 Å². The lowest BCUT2D eigenvalue weighted by atomic mass is 10.0. The Morgan fingerprint density at radius 2 is 1.17 bits per heavy atom. The van der Waals surface area contributed by atoms with Crippen molar-refractivity contribution in [2.75, 3.05) is 0 Å². The summed E-state index contributed by atoms with van der Waals surface area (Å²) in [5.74, 6) is -18.8. The molecule has 0 bridgehead atoms. The molecule has 0 nitrogen and oxygen atoms in total. The number of hydrogen-bond donors (Lipinski definition) is 0. The number of allylic oxidation sites excluding steroid dienone is 2. The molecule has 0 radical (unpaired) electrons.